The van der Waals surface area contributed by atoms with Crippen LogP contribution in [0.25, 0.3) is 11.3 Å². The first-order valence-electron chi connectivity index (χ1n) is 8.39. The van der Waals surface area contributed by atoms with Crippen LogP contribution in [0.1, 0.15) is 18.4 Å². The summed E-state index contributed by atoms with van der Waals surface area (Å²) in [5.74, 6) is 1.11. The van der Waals surface area contributed by atoms with Crippen molar-refractivity contribution in [3.63, 3.8) is 0 Å². The molecule has 130 valence electrons. The lowest BCUT2D eigenvalue weighted by molar-refractivity contribution is -0.119. The van der Waals surface area contributed by atoms with Crippen molar-refractivity contribution < 1.29 is 14.3 Å². The molecule has 1 aromatic carbocycles. The summed E-state index contributed by atoms with van der Waals surface area (Å²) in [6.45, 7) is 1.85. The second-order valence-corrected chi connectivity index (χ2v) is 6.98. The summed E-state index contributed by atoms with van der Waals surface area (Å²) in [5.41, 5.74) is 2.82. The molecule has 25 heavy (non-hydrogen) atoms. The fourth-order valence-electron chi connectivity index (χ4n) is 2.96. The number of carbonyl (C=O) groups is 1. The fraction of sp³-hybridized carbons (Fsp3) is 0.389. The van der Waals surface area contributed by atoms with Crippen molar-refractivity contribution >= 4 is 17.7 Å². The first-order valence-corrected chi connectivity index (χ1v) is 9.37. The van der Waals surface area contributed by atoms with E-state index in [9.17, 15) is 4.79 Å². The molecule has 2 aromatic rings. The number of rotatable bonds is 5. The SMILES string of the molecule is O=C(CSc1ncc2c(n1)-c1ccccc1OC2)NCC1CCCO1. The highest BCUT2D eigenvalue weighted by atomic mass is 32.2. The van der Waals surface area contributed by atoms with Crippen molar-refractivity contribution in [2.45, 2.75) is 30.7 Å². The minimum atomic E-state index is -0.0226. The second-order valence-electron chi connectivity index (χ2n) is 6.04. The lowest BCUT2D eigenvalue weighted by atomic mass is 10.0. The normalized spacial score (nSPS) is 18.2. The van der Waals surface area contributed by atoms with Crippen molar-refractivity contribution in [2.75, 3.05) is 18.9 Å². The molecule has 0 aliphatic carbocycles. The lowest BCUT2D eigenvalue weighted by Crippen LogP contribution is -2.32. The van der Waals surface area contributed by atoms with Gasteiger partial charge in [0, 0.05) is 30.5 Å². The van der Waals surface area contributed by atoms with Gasteiger partial charge in [-0.15, -0.1) is 0 Å². The average Bonchev–Trinajstić information content (AvgIpc) is 3.18. The zero-order chi connectivity index (χ0) is 17.1. The van der Waals surface area contributed by atoms with E-state index in [-0.39, 0.29) is 12.0 Å². The third-order valence-corrected chi connectivity index (χ3v) is 5.11. The van der Waals surface area contributed by atoms with E-state index in [4.69, 9.17) is 9.47 Å². The largest absolute Gasteiger partial charge is 0.488 e. The number of thioether (sulfide) groups is 1. The van der Waals surface area contributed by atoms with Crippen LogP contribution in [0.2, 0.25) is 0 Å². The molecule has 3 heterocycles. The Morgan fingerprint density at radius 3 is 3.16 bits per heavy atom. The van der Waals surface area contributed by atoms with Crippen LogP contribution in [0.15, 0.2) is 35.6 Å². The Bertz CT molecular complexity index is 778. The molecule has 1 atom stereocenters. The van der Waals surface area contributed by atoms with Crippen molar-refractivity contribution in [1.82, 2.24) is 15.3 Å². The van der Waals surface area contributed by atoms with Gasteiger partial charge in [-0.05, 0) is 25.0 Å². The van der Waals surface area contributed by atoms with Gasteiger partial charge >= 0.3 is 0 Å². The zero-order valence-electron chi connectivity index (χ0n) is 13.7. The number of para-hydroxylation sites is 1. The van der Waals surface area contributed by atoms with Gasteiger partial charge < -0.3 is 14.8 Å². The van der Waals surface area contributed by atoms with Crippen LogP contribution >= 0.6 is 11.8 Å². The van der Waals surface area contributed by atoms with Gasteiger partial charge in [0.05, 0.1) is 17.6 Å². The lowest BCUT2D eigenvalue weighted by Gasteiger charge is -2.19. The van der Waals surface area contributed by atoms with Crippen molar-refractivity contribution in [2.24, 2.45) is 0 Å². The Morgan fingerprint density at radius 1 is 1.36 bits per heavy atom. The number of ether oxygens (including phenoxy) is 2. The summed E-state index contributed by atoms with van der Waals surface area (Å²) in [6.07, 6.45) is 4.03. The van der Waals surface area contributed by atoms with Gasteiger partial charge in [-0.2, -0.15) is 0 Å². The molecular weight excluding hydrogens is 338 g/mol. The molecule has 0 saturated carbocycles. The molecule has 0 spiro atoms. The van der Waals surface area contributed by atoms with Gasteiger partial charge in [0.25, 0.3) is 0 Å². The highest BCUT2D eigenvalue weighted by Crippen LogP contribution is 2.36. The highest BCUT2D eigenvalue weighted by molar-refractivity contribution is 7.99. The van der Waals surface area contributed by atoms with E-state index in [0.717, 1.165) is 42.0 Å². The minimum absolute atomic E-state index is 0.0226. The van der Waals surface area contributed by atoms with E-state index in [1.807, 2.05) is 24.3 Å². The average molecular weight is 357 g/mol. The van der Waals surface area contributed by atoms with Crippen LogP contribution in [0.5, 0.6) is 5.75 Å². The number of hydrogen-bond donors (Lipinski definition) is 1. The molecule has 4 rings (SSSR count). The number of aromatic nitrogens is 2. The van der Waals surface area contributed by atoms with E-state index in [0.29, 0.717) is 24.1 Å². The number of fused-ring (bicyclic) bond motifs is 3. The monoisotopic (exact) mass is 357 g/mol. The number of nitrogens with zero attached hydrogens (tertiary/aromatic N) is 2. The maximum atomic E-state index is 12.0. The summed E-state index contributed by atoms with van der Waals surface area (Å²) in [6, 6.07) is 7.83. The van der Waals surface area contributed by atoms with Crippen molar-refractivity contribution in [1.29, 1.82) is 0 Å². The number of carbonyl (C=O) groups excluding carboxylic acids is 1. The fourth-order valence-corrected chi connectivity index (χ4v) is 3.60. The maximum Gasteiger partial charge on any atom is 0.230 e. The molecule has 1 fully saturated rings. The van der Waals surface area contributed by atoms with E-state index in [1.54, 1.807) is 6.20 Å². The van der Waals surface area contributed by atoms with E-state index in [2.05, 4.69) is 15.3 Å². The first-order chi connectivity index (χ1) is 12.3. The topological polar surface area (TPSA) is 73.3 Å². The summed E-state index contributed by atoms with van der Waals surface area (Å²) in [4.78, 5) is 21.0. The van der Waals surface area contributed by atoms with Crippen LogP contribution in [0.3, 0.4) is 0 Å². The van der Waals surface area contributed by atoms with Crippen LogP contribution in [-0.4, -0.2) is 40.9 Å². The molecule has 7 heteroatoms. The van der Waals surface area contributed by atoms with Gasteiger partial charge in [-0.25, -0.2) is 9.97 Å². The first kappa shape index (κ1) is 16.4. The molecule has 1 aromatic heterocycles. The Labute approximate surface area is 150 Å². The Hall–Kier alpha value is -2.12. The summed E-state index contributed by atoms with van der Waals surface area (Å²) >= 11 is 1.34. The quantitative estimate of drug-likeness (QED) is 0.654. The van der Waals surface area contributed by atoms with Crippen LogP contribution in [0.4, 0.5) is 0 Å². The van der Waals surface area contributed by atoms with E-state index >= 15 is 0 Å². The third kappa shape index (κ3) is 3.77. The summed E-state index contributed by atoms with van der Waals surface area (Å²) in [7, 11) is 0. The Kier molecular flexibility index (Phi) is 4.85. The molecule has 0 radical (unpaired) electrons. The second kappa shape index (κ2) is 7.41. The van der Waals surface area contributed by atoms with Gasteiger partial charge in [0.15, 0.2) is 5.16 Å². The smallest absolute Gasteiger partial charge is 0.230 e. The molecular formula is C18H19N3O3S. The van der Waals surface area contributed by atoms with Gasteiger partial charge in [-0.3, -0.25) is 4.79 Å². The Morgan fingerprint density at radius 2 is 2.28 bits per heavy atom. The molecule has 1 N–H and O–H groups in total. The van der Waals surface area contributed by atoms with Gasteiger partial charge in [0.2, 0.25) is 5.91 Å². The van der Waals surface area contributed by atoms with Gasteiger partial charge in [0.1, 0.15) is 12.4 Å². The highest BCUT2D eigenvalue weighted by Gasteiger charge is 2.20. The predicted octanol–water partition coefficient (Wildman–Crippen LogP) is 2.42. The number of benzene rings is 1. The minimum Gasteiger partial charge on any atom is -0.488 e. The number of nitrogens with one attached hydrogen (secondary N) is 1. The van der Waals surface area contributed by atoms with Crippen molar-refractivity contribution in [3.05, 3.63) is 36.0 Å². The standard InChI is InChI=1S/C18H19N3O3S/c22-16(19-9-13-4-3-7-23-13)11-25-18-20-8-12-10-24-15-6-2-1-5-14(15)17(12)21-18/h1-2,5-6,8,13H,3-4,7,9-11H2,(H,19,22). The predicted molar refractivity (Wildman–Crippen MR) is 94.5 cm³/mol. The molecule has 2 aliphatic heterocycles. The molecule has 1 saturated heterocycles. The third-order valence-electron chi connectivity index (χ3n) is 4.25. The van der Waals surface area contributed by atoms with E-state index < -0.39 is 0 Å². The molecule has 1 amide bonds. The Balaban J connectivity index is 1.38. The van der Waals surface area contributed by atoms with Crippen LogP contribution < -0.4 is 10.1 Å². The summed E-state index contributed by atoms with van der Waals surface area (Å²) < 4.78 is 11.2. The van der Waals surface area contributed by atoms with Crippen LogP contribution in [0, 0.1) is 0 Å². The maximum absolute atomic E-state index is 12.0. The molecule has 2 aliphatic rings. The van der Waals surface area contributed by atoms with Crippen molar-refractivity contribution in [3.8, 4) is 17.0 Å². The molecule has 6 nitrogen and oxygen atoms in total. The molecule has 0 bridgehead atoms. The molecule has 1 unspecified atom stereocenters. The number of amides is 1. The van der Waals surface area contributed by atoms with E-state index in [1.165, 1.54) is 11.8 Å². The zero-order valence-corrected chi connectivity index (χ0v) is 14.6. The summed E-state index contributed by atoms with van der Waals surface area (Å²) in [5, 5.41) is 3.51. The number of hydrogen-bond acceptors (Lipinski definition) is 6. The van der Waals surface area contributed by atoms with Gasteiger partial charge in [-0.1, -0.05) is 23.9 Å². The van der Waals surface area contributed by atoms with Crippen LogP contribution in [-0.2, 0) is 16.1 Å².